The van der Waals surface area contributed by atoms with E-state index in [1.165, 1.54) is 12.1 Å². The largest absolute Gasteiger partial charge is 0.332 e. The molecule has 106 valence electrons. The number of nitrogens with one attached hydrogen (secondary N) is 1. The number of hydrogen-bond acceptors (Lipinski definition) is 4. The van der Waals surface area contributed by atoms with Crippen LogP contribution >= 0.6 is 0 Å². The van der Waals surface area contributed by atoms with Crippen molar-refractivity contribution in [1.29, 1.82) is 0 Å². The Morgan fingerprint density at radius 1 is 1.16 bits per heavy atom. The van der Waals surface area contributed by atoms with Crippen LogP contribution in [0.2, 0.25) is 0 Å². The minimum atomic E-state index is -4.91. The molecule has 0 heterocycles. The standard InChI is InChI=1S/C11H14FNO4S2/c1-11(6-3-7-11)13-19(16,17)10-5-2-4-9(8-10)18(12,14)15/h2,4-5,8,13H,3,6-7H2,1H3. The second-order valence-corrected chi connectivity index (χ2v) is 7.96. The van der Waals surface area contributed by atoms with E-state index in [2.05, 4.69) is 4.72 Å². The molecule has 1 fully saturated rings. The normalized spacial score (nSPS) is 18.8. The molecule has 2 rings (SSSR count). The van der Waals surface area contributed by atoms with Gasteiger partial charge in [-0.1, -0.05) is 6.07 Å². The van der Waals surface area contributed by atoms with Crippen molar-refractivity contribution in [1.82, 2.24) is 4.72 Å². The second-order valence-electron chi connectivity index (χ2n) is 4.93. The average molecular weight is 307 g/mol. The van der Waals surface area contributed by atoms with Crippen molar-refractivity contribution in [3.63, 3.8) is 0 Å². The van der Waals surface area contributed by atoms with Crippen LogP contribution in [0.5, 0.6) is 0 Å². The van der Waals surface area contributed by atoms with E-state index in [1.54, 1.807) is 6.92 Å². The third-order valence-corrected chi connectivity index (χ3v) is 5.69. The molecule has 1 N–H and O–H groups in total. The molecule has 1 aliphatic rings. The highest BCUT2D eigenvalue weighted by Gasteiger charge is 2.36. The fourth-order valence-electron chi connectivity index (χ4n) is 1.99. The molecule has 0 aliphatic heterocycles. The summed E-state index contributed by atoms with van der Waals surface area (Å²) < 4.78 is 61.1. The van der Waals surface area contributed by atoms with Gasteiger partial charge in [-0.15, -0.1) is 3.89 Å². The predicted octanol–water partition coefficient (Wildman–Crippen LogP) is 1.57. The lowest BCUT2D eigenvalue weighted by Gasteiger charge is -2.38. The lowest BCUT2D eigenvalue weighted by atomic mass is 9.80. The molecule has 1 aromatic rings. The first kappa shape index (κ1) is 14.4. The van der Waals surface area contributed by atoms with Gasteiger partial charge in [-0.05, 0) is 44.4 Å². The minimum Gasteiger partial charge on any atom is -0.207 e. The quantitative estimate of drug-likeness (QED) is 0.856. The summed E-state index contributed by atoms with van der Waals surface area (Å²) in [5, 5.41) is 0. The molecular formula is C11H14FNO4S2. The molecular weight excluding hydrogens is 293 g/mol. The van der Waals surface area contributed by atoms with Crippen LogP contribution in [0.4, 0.5) is 3.89 Å². The number of sulfonamides is 1. The fraction of sp³-hybridized carbons (Fsp3) is 0.455. The molecule has 0 bridgehead atoms. The molecule has 19 heavy (non-hydrogen) atoms. The van der Waals surface area contributed by atoms with Gasteiger partial charge in [0.2, 0.25) is 10.0 Å². The molecule has 1 aromatic carbocycles. The molecule has 0 atom stereocenters. The first-order valence-corrected chi connectivity index (χ1v) is 8.58. The number of halogens is 1. The van der Waals surface area contributed by atoms with Crippen LogP contribution < -0.4 is 4.72 Å². The summed E-state index contributed by atoms with van der Waals surface area (Å²) in [5.74, 6) is 0. The first-order valence-electron chi connectivity index (χ1n) is 5.71. The van der Waals surface area contributed by atoms with E-state index in [-0.39, 0.29) is 4.90 Å². The average Bonchev–Trinajstić information content (AvgIpc) is 2.25. The van der Waals surface area contributed by atoms with Crippen LogP contribution in [-0.4, -0.2) is 22.4 Å². The van der Waals surface area contributed by atoms with E-state index in [9.17, 15) is 20.7 Å². The Morgan fingerprint density at radius 2 is 1.74 bits per heavy atom. The van der Waals surface area contributed by atoms with Gasteiger partial charge in [0.1, 0.15) is 0 Å². The van der Waals surface area contributed by atoms with Gasteiger partial charge in [0.15, 0.2) is 0 Å². The van der Waals surface area contributed by atoms with E-state index < -0.39 is 30.7 Å². The van der Waals surface area contributed by atoms with Crippen molar-refractivity contribution < 1.29 is 20.7 Å². The molecule has 0 aromatic heterocycles. The van der Waals surface area contributed by atoms with Gasteiger partial charge in [0.25, 0.3) is 0 Å². The Morgan fingerprint density at radius 3 is 2.21 bits per heavy atom. The third kappa shape index (κ3) is 3.13. The van der Waals surface area contributed by atoms with E-state index in [0.29, 0.717) is 0 Å². The smallest absolute Gasteiger partial charge is 0.207 e. The van der Waals surface area contributed by atoms with E-state index in [0.717, 1.165) is 31.4 Å². The summed E-state index contributed by atoms with van der Waals surface area (Å²) in [5.41, 5.74) is -0.497. The van der Waals surface area contributed by atoms with Crippen LogP contribution in [0, 0.1) is 0 Å². The van der Waals surface area contributed by atoms with Crippen LogP contribution in [-0.2, 0) is 20.2 Å². The highest BCUT2D eigenvalue weighted by molar-refractivity contribution is 7.89. The third-order valence-electron chi connectivity index (χ3n) is 3.24. The summed E-state index contributed by atoms with van der Waals surface area (Å²) in [4.78, 5) is -0.909. The monoisotopic (exact) mass is 307 g/mol. The van der Waals surface area contributed by atoms with Crippen LogP contribution in [0.25, 0.3) is 0 Å². The zero-order valence-electron chi connectivity index (χ0n) is 10.3. The zero-order valence-corrected chi connectivity index (χ0v) is 11.9. The summed E-state index contributed by atoms with van der Waals surface area (Å²) in [6.45, 7) is 1.78. The van der Waals surface area contributed by atoms with Crippen molar-refractivity contribution in [2.75, 3.05) is 0 Å². The van der Waals surface area contributed by atoms with Gasteiger partial charge in [0, 0.05) is 5.54 Å². The van der Waals surface area contributed by atoms with Gasteiger partial charge >= 0.3 is 10.2 Å². The van der Waals surface area contributed by atoms with Crippen molar-refractivity contribution >= 4 is 20.2 Å². The van der Waals surface area contributed by atoms with E-state index in [4.69, 9.17) is 0 Å². The molecule has 0 amide bonds. The highest BCUT2D eigenvalue weighted by Crippen LogP contribution is 2.32. The number of hydrogen-bond donors (Lipinski definition) is 1. The van der Waals surface area contributed by atoms with Crippen LogP contribution in [0.1, 0.15) is 26.2 Å². The maximum atomic E-state index is 12.9. The zero-order chi connectivity index (χ0) is 14.3. The first-order chi connectivity index (χ1) is 8.62. The molecule has 0 spiro atoms. The fourth-order valence-corrected chi connectivity index (χ4v) is 4.08. The van der Waals surface area contributed by atoms with Crippen molar-refractivity contribution in [2.45, 2.75) is 41.5 Å². The van der Waals surface area contributed by atoms with E-state index in [1.807, 2.05) is 0 Å². The molecule has 0 radical (unpaired) electrons. The van der Waals surface area contributed by atoms with Crippen LogP contribution in [0.15, 0.2) is 34.1 Å². The Kier molecular flexibility index (Phi) is 3.44. The predicted molar refractivity (Wildman–Crippen MR) is 67.3 cm³/mol. The number of rotatable bonds is 4. The Hall–Kier alpha value is -0.990. The maximum Gasteiger partial charge on any atom is 0.332 e. The Balaban J connectivity index is 2.36. The van der Waals surface area contributed by atoms with Gasteiger partial charge in [0.05, 0.1) is 9.79 Å². The highest BCUT2D eigenvalue weighted by atomic mass is 32.3. The lowest BCUT2D eigenvalue weighted by molar-refractivity contribution is 0.248. The minimum absolute atomic E-state index is 0.251. The molecule has 1 saturated carbocycles. The summed E-state index contributed by atoms with van der Waals surface area (Å²) in [7, 11) is -8.76. The molecule has 1 aliphatic carbocycles. The summed E-state index contributed by atoms with van der Waals surface area (Å²) >= 11 is 0. The summed E-state index contributed by atoms with van der Waals surface area (Å²) in [6.07, 6.45) is 2.40. The Labute approximate surface area is 112 Å². The van der Waals surface area contributed by atoms with Gasteiger partial charge < -0.3 is 0 Å². The van der Waals surface area contributed by atoms with Gasteiger partial charge in [-0.3, -0.25) is 0 Å². The maximum absolute atomic E-state index is 12.9. The lowest BCUT2D eigenvalue weighted by Crippen LogP contribution is -2.50. The summed E-state index contributed by atoms with van der Waals surface area (Å²) in [6, 6.07) is 4.27. The topological polar surface area (TPSA) is 80.3 Å². The molecule has 8 heteroatoms. The van der Waals surface area contributed by atoms with E-state index >= 15 is 0 Å². The van der Waals surface area contributed by atoms with Crippen molar-refractivity contribution in [2.24, 2.45) is 0 Å². The molecule has 5 nitrogen and oxygen atoms in total. The Bertz CT molecular complexity index is 693. The number of benzene rings is 1. The molecule has 0 saturated heterocycles. The van der Waals surface area contributed by atoms with Gasteiger partial charge in [-0.2, -0.15) is 8.42 Å². The van der Waals surface area contributed by atoms with Crippen LogP contribution in [0.3, 0.4) is 0 Å². The van der Waals surface area contributed by atoms with Gasteiger partial charge in [-0.25, -0.2) is 13.1 Å². The molecule has 0 unspecified atom stereocenters. The second kappa shape index (κ2) is 4.53. The van der Waals surface area contributed by atoms with Crippen molar-refractivity contribution in [3.05, 3.63) is 24.3 Å². The van der Waals surface area contributed by atoms with Crippen molar-refractivity contribution in [3.8, 4) is 0 Å². The SMILES string of the molecule is CC1(NS(=O)(=O)c2cccc(S(=O)(=O)F)c2)CCC1.